The van der Waals surface area contributed by atoms with Crippen LogP contribution >= 0.6 is 0 Å². The normalized spacial score (nSPS) is 11.6. The number of rotatable bonds is 9. The van der Waals surface area contributed by atoms with Crippen LogP contribution in [0.3, 0.4) is 0 Å². The van der Waals surface area contributed by atoms with Crippen LogP contribution in [-0.2, 0) is 0 Å². The van der Waals surface area contributed by atoms with Crippen molar-refractivity contribution in [2.45, 2.75) is 13.8 Å². The molecule has 0 unspecified atom stereocenters. The lowest BCUT2D eigenvalue weighted by molar-refractivity contribution is 0.664. The summed E-state index contributed by atoms with van der Waals surface area (Å²) in [7, 11) is 0. The molecule has 0 aliphatic rings. The highest BCUT2D eigenvalue weighted by Gasteiger charge is 2.23. The molecule has 4 heteroatoms. The number of nitrogens with zero attached hydrogens (tertiary/aromatic N) is 2. The van der Waals surface area contributed by atoms with Crippen LogP contribution in [0, 0.1) is 13.8 Å². The van der Waals surface area contributed by atoms with Crippen molar-refractivity contribution in [1.29, 1.82) is 0 Å². The maximum Gasteiger partial charge on any atom is 0.137 e. The fraction of sp³-hybridized carbons (Fsp3) is 0.0286. The van der Waals surface area contributed by atoms with Crippen LogP contribution in [0.4, 0.5) is 34.1 Å². The van der Waals surface area contributed by atoms with Crippen LogP contribution in [0.25, 0.3) is 98.8 Å². The minimum Gasteiger partial charge on any atom is -0.456 e. The molecule has 2 heterocycles. The first-order valence-electron chi connectivity index (χ1n) is 25.3. The van der Waals surface area contributed by atoms with E-state index in [1.807, 2.05) is 12.1 Å². The Morgan fingerprint density at radius 2 is 0.689 bits per heavy atom. The molecule has 0 aliphatic carbocycles. The minimum atomic E-state index is 0.812. The molecule has 0 radical (unpaired) electrons. The Morgan fingerprint density at radius 3 is 1.27 bits per heavy atom. The fourth-order valence-electron chi connectivity index (χ4n) is 11.4. The Morgan fingerprint density at radius 1 is 0.257 bits per heavy atom. The van der Waals surface area contributed by atoms with Crippen LogP contribution in [0.1, 0.15) is 11.1 Å². The van der Waals surface area contributed by atoms with Crippen molar-refractivity contribution in [3.63, 3.8) is 0 Å². The molecular weight excluding hydrogens is 901 g/mol. The van der Waals surface area contributed by atoms with E-state index in [-0.39, 0.29) is 0 Å². The lowest BCUT2D eigenvalue weighted by Crippen LogP contribution is -2.11. The molecule has 0 fully saturated rings. The standard InChI is InChI=1S/C70H48N2O2/c1-45-15-9-10-20-55(45)56-37-35-53(43-46(56)2)71(51-31-27-49(28-32-51)47-16-5-3-6-17-47)63-39-41-66-69-59(22-13-24-61(63)69)60-23-14-25-62-64(40-42-67(74-66)70(60)62)72(52-33-29-50(30-34-52)48-18-7-4-8-19-48)54-36-38-58-57-21-11-12-26-65(57)73-68(58)44-54/h3-44H,1-2H3. The maximum atomic E-state index is 7.20. The van der Waals surface area contributed by atoms with Crippen molar-refractivity contribution < 1.29 is 8.83 Å². The van der Waals surface area contributed by atoms with Gasteiger partial charge in [-0.15, -0.1) is 0 Å². The first-order valence-corrected chi connectivity index (χ1v) is 25.3. The Labute approximate surface area is 429 Å². The summed E-state index contributed by atoms with van der Waals surface area (Å²) in [6, 6.07) is 91.5. The Balaban J connectivity index is 0.966. The van der Waals surface area contributed by atoms with E-state index in [1.54, 1.807) is 0 Å². The van der Waals surface area contributed by atoms with Crippen LogP contribution in [0.15, 0.2) is 264 Å². The SMILES string of the molecule is Cc1ccccc1-c1ccc(N(c2ccc(-c3ccccc3)cc2)c2ccc3oc4ccc(N(c5ccc(-c6ccccc6)cc5)c5ccc6c(c5)oc5ccccc56)c5cccc(c6cccc2c36)c45)cc1C. The molecule has 0 bridgehead atoms. The van der Waals surface area contributed by atoms with Gasteiger partial charge in [0.25, 0.3) is 0 Å². The van der Waals surface area contributed by atoms with E-state index >= 15 is 0 Å². The molecular formula is C70H48N2O2. The molecule has 14 aromatic rings. The van der Waals surface area contributed by atoms with Gasteiger partial charge in [-0.05, 0) is 148 Å². The zero-order chi connectivity index (χ0) is 49.3. The Kier molecular flexibility index (Phi) is 10.3. The third-order valence-electron chi connectivity index (χ3n) is 14.9. The lowest BCUT2D eigenvalue weighted by atomic mass is 9.95. The van der Waals surface area contributed by atoms with Gasteiger partial charge in [-0.3, -0.25) is 0 Å². The van der Waals surface area contributed by atoms with Crippen molar-refractivity contribution in [1.82, 2.24) is 0 Å². The maximum absolute atomic E-state index is 7.20. The third kappa shape index (κ3) is 7.22. The summed E-state index contributed by atoms with van der Waals surface area (Å²) in [5.74, 6) is 0. The van der Waals surface area contributed by atoms with Gasteiger partial charge in [0.15, 0.2) is 0 Å². The zero-order valence-electron chi connectivity index (χ0n) is 41.0. The summed E-state index contributed by atoms with van der Waals surface area (Å²) in [6.07, 6.45) is 0. The van der Waals surface area contributed by atoms with Gasteiger partial charge >= 0.3 is 0 Å². The minimum absolute atomic E-state index is 0.812. The van der Waals surface area contributed by atoms with Crippen LogP contribution in [0.2, 0.25) is 0 Å². The molecule has 2 aromatic heterocycles. The molecule has 12 aromatic carbocycles. The van der Waals surface area contributed by atoms with Crippen molar-refractivity contribution in [3.8, 4) is 33.4 Å². The fourth-order valence-corrected chi connectivity index (χ4v) is 11.4. The molecule has 0 atom stereocenters. The van der Waals surface area contributed by atoms with E-state index in [4.69, 9.17) is 8.83 Å². The van der Waals surface area contributed by atoms with Crippen LogP contribution < -0.4 is 9.80 Å². The Bertz CT molecular complexity index is 4440. The van der Waals surface area contributed by atoms with Crippen molar-refractivity contribution in [2.75, 3.05) is 9.80 Å². The molecule has 0 saturated heterocycles. The largest absolute Gasteiger partial charge is 0.456 e. The van der Waals surface area contributed by atoms with Gasteiger partial charge in [0.1, 0.15) is 22.3 Å². The molecule has 0 N–H and O–H groups in total. The van der Waals surface area contributed by atoms with E-state index in [1.165, 1.54) is 38.9 Å². The number of benzene rings is 12. The van der Waals surface area contributed by atoms with E-state index in [0.29, 0.717) is 0 Å². The molecule has 0 amide bonds. The summed E-state index contributed by atoms with van der Waals surface area (Å²) in [4.78, 5) is 4.76. The highest BCUT2D eigenvalue weighted by atomic mass is 16.3. The number of furan rings is 1. The van der Waals surface area contributed by atoms with Crippen LogP contribution in [-0.4, -0.2) is 0 Å². The second-order valence-electron chi connectivity index (χ2n) is 19.3. The number of aryl methyl sites for hydroxylation is 2. The third-order valence-corrected chi connectivity index (χ3v) is 14.9. The molecule has 0 spiro atoms. The number of hydrogen-bond donors (Lipinski definition) is 0. The number of fused-ring (bicyclic) bond motifs is 4. The van der Waals surface area contributed by atoms with Gasteiger partial charge in [0.05, 0.1) is 11.4 Å². The predicted octanol–water partition coefficient (Wildman–Crippen LogP) is 20.3. The van der Waals surface area contributed by atoms with Crippen molar-refractivity contribution >= 4 is 99.5 Å². The van der Waals surface area contributed by atoms with E-state index in [0.717, 1.165) is 105 Å². The second kappa shape index (κ2) is 17.6. The van der Waals surface area contributed by atoms with Crippen molar-refractivity contribution in [3.05, 3.63) is 266 Å². The van der Waals surface area contributed by atoms with Crippen LogP contribution in [0.5, 0.6) is 0 Å². The average molecular weight is 949 g/mol. The zero-order valence-corrected chi connectivity index (χ0v) is 41.0. The topological polar surface area (TPSA) is 32.8 Å². The summed E-state index contributed by atoms with van der Waals surface area (Å²) >= 11 is 0. The smallest absolute Gasteiger partial charge is 0.137 e. The van der Waals surface area contributed by atoms with E-state index < -0.39 is 0 Å². The second-order valence-corrected chi connectivity index (χ2v) is 19.3. The van der Waals surface area contributed by atoms with Gasteiger partial charge in [-0.1, -0.05) is 170 Å². The summed E-state index contributed by atoms with van der Waals surface area (Å²) < 4.78 is 13.7. The molecule has 74 heavy (non-hydrogen) atoms. The number of anilines is 6. The van der Waals surface area contributed by atoms with Gasteiger partial charge in [0.2, 0.25) is 0 Å². The molecule has 0 aliphatic heterocycles. The van der Waals surface area contributed by atoms with Gasteiger partial charge in [-0.25, -0.2) is 0 Å². The summed E-state index contributed by atoms with van der Waals surface area (Å²) in [6.45, 7) is 4.41. The molecule has 14 rings (SSSR count). The Hall–Kier alpha value is -9.64. The van der Waals surface area contributed by atoms with Gasteiger partial charge in [0, 0.05) is 61.1 Å². The van der Waals surface area contributed by atoms with Gasteiger partial charge in [-0.2, -0.15) is 0 Å². The van der Waals surface area contributed by atoms with Crippen molar-refractivity contribution in [2.24, 2.45) is 0 Å². The average Bonchev–Trinajstić information content (AvgIpc) is 3.77. The lowest BCUT2D eigenvalue weighted by Gasteiger charge is -2.28. The molecule has 0 saturated carbocycles. The quantitative estimate of drug-likeness (QED) is 0.144. The molecule has 4 nitrogen and oxygen atoms in total. The summed E-state index contributed by atoms with van der Waals surface area (Å²) in [5, 5.41) is 8.73. The highest BCUT2D eigenvalue weighted by Crippen LogP contribution is 2.48. The first kappa shape index (κ1) is 43.2. The van der Waals surface area contributed by atoms with Gasteiger partial charge < -0.3 is 18.6 Å². The van der Waals surface area contributed by atoms with E-state index in [9.17, 15) is 0 Å². The monoisotopic (exact) mass is 948 g/mol. The highest BCUT2D eigenvalue weighted by molar-refractivity contribution is 6.26. The predicted molar refractivity (Wildman–Crippen MR) is 311 cm³/mol. The first-order chi connectivity index (χ1) is 36.5. The number of para-hydroxylation sites is 1. The van der Waals surface area contributed by atoms with E-state index in [2.05, 4.69) is 266 Å². The summed E-state index contributed by atoms with van der Waals surface area (Å²) in [5.41, 5.74) is 19.3. The molecule has 350 valence electrons. The number of hydrogen-bond acceptors (Lipinski definition) is 4.